The van der Waals surface area contributed by atoms with Crippen molar-refractivity contribution >= 4 is 60.1 Å². The first-order valence-corrected chi connectivity index (χ1v) is 16.7. The molecule has 0 atom stereocenters. The number of rotatable bonds is 4. The number of fused-ring (bicyclic) bond motifs is 7. The fraction of sp³-hybridized carbons (Fsp3) is 0. The average molecular weight is 626 g/mol. The second kappa shape index (κ2) is 10.7. The molecule has 0 radical (unpaired) electrons. The molecule has 49 heavy (non-hydrogen) atoms. The molecule has 0 spiro atoms. The maximum atomic E-state index is 5.93. The van der Waals surface area contributed by atoms with Crippen LogP contribution in [0.2, 0.25) is 0 Å². The molecule has 0 aliphatic carbocycles. The maximum absolute atomic E-state index is 5.93. The van der Waals surface area contributed by atoms with E-state index in [2.05, 4.69) is 173 Å². The Balaban J connectivity index is 1.12. The zero-order chi connectivity index (χ0) is 32.5. The number of para-hydroxylation sites is 3. The van der Waals surface area contributed by atoms with Gasteiger partial charge in [-0.3, -0.25) is 0 Å². The van der Waals surface area contributed by atoms with Crippen LogP contribution in [-0.2, 0) is 0 Å². The first kappa shape index (κ1) is 27.5. The van der Waals surface area contributed by atoms with Crippen molar-refractivity contribution in [2.75, 3.05) is 5.73 Å². The highest BCUT2D eigenvalue weighted by molar-refractivity contribution is 6.12. The lowest BCUT2D eigenvalue weighted by molar-refractivity contribution is 1.18. The number of anilines is 1. The molecule has 2 N–H and O–H groups in total. The molecule has 2 heterocycles. The Morgan fingerprint density at radius 3 is 1.63 bits per heavy atom. The van der Waals surface area contributed by atoms with Gasteiger partial charge in [-0.2, -0.15) is 0 Å². The first-order chi connectivity index (χ1) is 24.2. The lowest BCUT2D eigenvalue weighted by Gasteiger charge is -2.11. The fourth-order valence-corrected chi connectivity index (χ4v) is 7.66. The van der Waals surface area contributed by atoms with Gasteiger partial charge in [-0.25, -0.2) is 0 Å². The highest BCUT2D eigenvalue weighted by atomic mass is 15.0. The second-order valence-corrected chi connectivity index (χ2v) is 12.9. The Kier molecular flexibility index (Phi) is 6.03. The third-order valence-electron chi connectivity index (χ3n) is 10.0. The molecule has 3 heteroatoms. The van der Waals surface area contributed by atoms with Crippen molar-refractivity contribution in [1.29, 1.82) is 0 Å². The molecule has 0 saturated heterocycles. The second-order valence-electron chi connectivity index (χ2n) is 12.9. The van der Waals surface area contributed by atoms with Gasteiger partial charge in [0.25, 0.3) is 0 Å². The Labute approximate surface area is 283 Å². The number of hydrogen-bond acceptors (Lipinski definition) is 1. The van der Waals surface area contributed by atoms with E-state index in [1.54, 1.807) is 0 Å². The molecule has 0 amide bonds. The van der Waals surface area contributed by atoms with Gasteiger partial charge in [-0.15, -0.1) is 0 Å². The minimum Gasteiger partial charge on any atom is -0.399 e. The number of hydrogen-bond donors (Lipinski definition) is 1. The summed E-state index contributed by atoms with van der Waals surface area (Å²) in [5.41, 5.74) is 18.6. The van der Waals surface area contributed by atoms with Gasteiger partial charge < -0.3 is 14.9 Å². The van der Waals surface area contributed by atoms with E-state index in [9.17, 15) is 0 Å². The number of nitrogens with zero attached hydrogens (tertiary/aromatic N) is 2. The Hall–Kier alpha value is -6.58. The van der Waals surface area contributed by atoms with E-state index in [4.69, 9.17) is 5.73 Å². The van der Waals surface area contributed by atoms with Crippen LogP contribution in [0.1, 0.15) is 0 Å². The van der Waals surface area contributed by atoms with Gasteiger partial charge in [-0.1, -0.05) is 103 Å². The summed E-state index contributed by atoms with van der Waals surface area (Å²) in [5, 5.41) is 7.44. The Bertz CT molecular complexity index is 2870. The zero-order valence-corrected chi connectivity index (χ0v) is 26.7. The minimum atomic E-state index is 0.778. The predicted molar refractivity (Wildman–Crippen MR) is 208 cm³/mol. The topological polar surface area (TPSA) is 35.9 Å². The van der Waals surface area contributed by atoms with Crippen molar-refractivity contribution in [3.63, 3.8) is 0 Å². The monoisotopic (exact) mass is 625 g/mol. The van der Waals surface area contributed by atoms with Crippen LogP contribution in [0.5, 0.6) is 0 Å². The van der Waals surface area contributed by atoms with Gasteiger partial charge in [-0.05, 0) is 106 Å². The van der Waals surface area contributed by atoms with Gasteiger partial charge >= 0.3 is 0 Å². The van der Waals surface area contributed by atoms with Gasteiger partial charge in [0.1, 0.15) is 0 Å². The van der Waals surface area contributed by atoms with Gasteiger partial charge in [0.15, 0.2) is 0 Å². The van der Waals surface area contributed by atoms with Crippen LogP contribution in [0.15, 0.2) is 176 Å². The molecule has 230 valence electrons. The van der Waals surface area contributed by atoms with Crippen molar-refractivity contribution < 1.29 is 0 Å². The quantitative estimate of drug-likeness (QED) is 0.194. The molecule has 2 aromatic heterocycles. The van der Waals surface area contributed by atoms with E-state index >= 15 is 0 Å². The van der Waals surface area contributed by atoms with E-state index in [1.165, 1.54) is 82.3 Å². The normalized spacial score (nSPS) is 11.8. The molecule has 3 nitrogen and oxygen atoms in total. The molecule has 10 aromatic rings. The maximum Gasteiger partial charge on any atom is 0.0547 e. The van der Waals surface area contributed by atoms with Crippen LogP contribution in [0.3, 0.4) is 0 Å². The number of nitrogen functional groups attached to an aromatic ring is 1. The highest BCUT2D eigenvalue weighted by Crippen LogP contribution is 2.38. The lowest BCUT2D eigenvalue weighted by Crippen LogP contribution is -1.94. The van der Waals surface area contributed by atoms with Gasteiger partial charge in [0.05, 0.1) is 22.1 Å². The summed E-state index contributed by atoms with van der Waals surface area (Å²) in [4.78, 5) is 0. The first-order valence-electron chi connectivity index (χ1n) is 16.7. The molecule has 0 aliphatic heterocycles. The van der Waals surface area contributed by atoms with E-state index < -0.39 is 0 Å². The van der Waals surface area contributed by atoms with Gasteiger partial charge in [0, 0.05) is 38.6 Å². The average Bonchev–Trinajstić information content (AvgIpc) is 3.67. The minimum absolute atomic E-state index is 0.778. The number of aromatic nitrogens is 2. The van der Waals surface area contributed by atoms with Gasteiger partial charge in [0.2, 0.25) is 0 Å². The molecule has 10 rings (SSSR count). The van der Waals surface area contributed by atoms with Crippen LogP contribution in [0.25, 0.3) is 88.0 Å². The molecule has 0 aliphatic rings. The van der Waals surface area contributed by atoms with Crippen molar-refractivity contribution in [2.45, 2.75) is 0 Å². The molecule has 0 fully saturated rings. The third kappa shape index (κ3) is 4.37. The molecular weight excluding hydrogens is 595 g/mol. The summed E-state index contributed by atoms with van der Waals surface area (Å²) < 4.78 is 4.79. The smallest absolute Gasteiger partial charge is 0.0547 e. The van der Waals surface area contributed by atoms with E-state index in [0.29, 0.717) is 0 Å². The molecule has 0 saturated carbocycles. The van der Waals surface area contributed by atoms with Crippen molar-refractivity contribution in [3.05, 3.63) is 176 Å². The molecule has 0 bridgehead atoms. The standard InChI is InChI=1S/C46H31N3/c47-36-21-16-30(17-22-36)31-14-15-33-27-38(23-18-32(33)26-31)49-44-13-7-5-11-40(44)42-28-34(20-25-45(42)49)35-19-24-41-39-10-4-6-12-43(39)48(46(41)29-35)37-8-2-1-3-9-37/h1-29H,47H2. The molecular formula is C46H31N3. The van der Waals surface area contributed by atoms with Crippen LogP contribution >= 0.6 is 0 Å². The summed E-state index contributed by atoms with van der Waals surface area (Å²) in [5.74, 6) is 0. The van der Waals surface area contributed by atoms with Crippen molar-refractivity contribution in [1.82, 2.24) is 9.13 Å². The largest absolute Gasteiger partial charge is 0.399 e. The Morgan fingerprint density at radius 1 is 0.306 bits per heavy atom. The number of nitrogens with two attached hydrogens (primary N) is 1. The third-order valence-corrected chi connectivity index (χ3v) is 10.0. The van der Waals surface area contributed by atoms with Crippen molar-refractivity contribution in [3.8, 4) is 33.6 Å². The van der Waals surface area contributed by atoms with Crippen LogP contribution in [0.4, 0.5) is 5.69 Å². The lowest BCUT2D eigenvalue weighted by atomic mass is 10.0. The predicted octanol–water partition coefficient (Wildman–Crippen LogP) is 12.0. The molecule has 0 unspecified atom stereocenters. The summed E-state index contributed by atoms with van der Waals surface area (Å²) in [6, 6.07) is 63.5. The van der Waals surface area contributed by atoms with Crippen LogP contribution in [0, 0.1) is 0 Å². The highest BCUT2D eigenvalue weighted by Gasteiger charge is 2.16. The summed E-state index contributed by atoms with van der Waals surface area (Å²) in [6.45, 7) is 0. The molecule has 8 aromatic carbocycles. The number of benzene rings is 8. The Morgan fingerprint density at radius 2 is 0.837 bits per heavy atom. The summed E-state index contributed by atoms with van der Waals surface area (Å²) >= 11 is 0. The van der Waals surface area contributed by atoms with E-state index in [1.807, 2.05) is 12.1 Å². The zero-order valence-electron chi connectivity index (χ0n) is 26.7. The van der Waals surface area contributed by atoms with E-state index in [0.717, 1.165) is 11.4 Å². The van der Waals surface area contributed by atoms with Crippen LogP contribution in [-0.4, -0.2) is 9.13 Å². The van der Waals surface area contributed by atoms with Crippen LogP contribution < -0.4 is 5.73 Å². The fourth-order valence-electron chi connectivity index (χ4n) is 7.66. The summed E-state index contributed by atoms with van der Waals surface area (Å²) in [7, 11) is 0. The van der Waals surface area contributed by atoms with E-state index in [-0.39, 0.29) is 0 Å². The SMILES string of the molecule is Nc1ccc(-c2ccc3cc(-n4c5ccccc5c5cc(-c6ccc7c8ccccc8n(-c8ccccc8)c7c6)ccc54)ccc3c2)cc1. The van der Waals surface area contributed by atoms with Crippen molar-refractivity contribution in [2.24, 2.45) is 0 Å². The summed E-state index contributed by atoms with van der Waals surface area (Å²) in [6.07, 6.45) is 0.